The molecule has 0 bridgehead atoms. The van der Waals surface area contributed by atoms with Gasteiger partial charge in [0.2, 0.25) is 0 Å². The second kappa shape index (κ2) is 6.53. The van der Waals surface area contributed by atoms with Gasteiger partial charge >= 0.3 is 0 Å². The van der Waals surface area contributed by atoms with Gasteiger partial charge in [0.1, 0.15) is 0 Å². The molecule has 0 spiro atoms. The molecule has 0 atom stereocenters. The Morgan fingerprint density at radius 1 is 1.35 bits per heavy atom. The number of hydrogen-bond donors (Lipinski definition) is 1. The van der Waals surface area contributed by atoms with Gasteiger partial charge < -0.3 is 10.2 Å². The highest BCUT2D eigenvalue weighted by Crippen LogP contribution is 2.18. The maximum Gasteiger partial charge on any atom is 0.0305 e. The summed E-state index contributed by atoms with van der Waals surface area (Å²) in [5.74, 6) is 0. The minimum atomic E-state index is 0.726. The summed E-state index contributed by atoms with van der Waals surface area (Å²) in [6, 6.07) is 2.99. The fourth-order valence-corrected chi connectivity index (χ4v) is 3.45. The summed E-state index contributed by atoms with van der Waals surface area (Å²) in [7, 11) is 0. The minimum Gasteiger partial charge on any atom is -0.309 e. The fourth-order valence-electron chi connectivity index (χ4n) is 2.53. The van der Waals surface area contributed by atoms with Crippen LogP contribution in [0.25, 0.3) is 0 Å². The molecule has 1 N–H and O–H groups in total. The van der Waals surface area contributed by atoms with Crippen LogP contribution in [-0.2, 0) is 13.0 Å². The molecule has 1 fully saturated rings. The summed E-state index contributed by atoms with van der Waals surface area (Å²) in [6.45, 7) is 9.30. The average molecular weight is 252 g/mol. The van der Waals surface area contributed by atoms with Gasteiger partial charge in [-0.05, 0) is 55.9 Å². The van der Waals surface area contributed by atoms with Crippen LogP contribution >= 0.6 is 11.3 Å². The first-order chi connectivity index (χ1) is 8.33. The monoisotopic (exact) mass is 252 g/mol. The molecular formula is C14H24N2S. The lowest BCUT2D eigenvalue weighted by Gasteiger charge is -2.31. The molecule has 96 valence electrons. The van der Waals surface area contributed by atoms with Crippen molar-refractivity contribution < 1.29 is 0 Å². The molecule has 2 nitrogen and oxygen atoms in total. The lowest BCUT2D eigenvalue weighted by atomic mass is 10.0. The third-order valence-electron chi connectivity index (χ3n) is 3.80. The smallest absolute Gasteiger partial charge is 0.0305 e. The second-order valence-electron chi connectivity index (χ2n) is 4.81. The molecular weight excluding hydrogens is 228 g/mol. The predicted octanol–water partition coefficient (Wildman–Crippen LogP) is 2.88. The van der Waals surface area contributed by atoms with Crippen molar-refractivity contribution in [2.24, 2.45) is 0 Å². The van der Waals surface area contributed by atoms with Gasteiger partial charge in [-0.1, -0.05) is 13.8 Å². The lowest BCUT2D eigenvalue weighted by Crippen LogP contribution is -2.42. The number of piperidine rings is 1. The Kier molecular flexibility index (Phi) is 5.01. The maximum absolute atomic E-state index is 3.73. The van der Waals surface area contributed by atoms with Crippen LogP contribution in [0, 0.1) is 0 Å². The van der Waals surface area contributed by atoms with Gasteiger partial charge in [0.25, 0.3) is 0 Å². The molecule has 1 aromatic heterocycles. The highest BCUT2D eigenvalue weighted by Gasteiger charge is 2.17. The fraction of sp³-hybridized carbons (Fsp3) is 0.714. The van der Waals surface area contributed by atoms with E-state index in [2.05, 4.69) is 35.5 Å². The van der Waals surface area contributed by atoms with E-state index in [9.17, 15) is 0 Å². The van der Waals surface area contributed by atoms with Crippen molar-refractivity contribution in [3.8, 4) is 0 Å². The van der Waals surface area contributed by atoms with Crippen molar-refractivity contribution >= 4 is 11.3 Å². The van der Waals surface area contributed by atoms with Gasteiger partial charge in [-0.3, -0.25) is 0 Å². The van der Waals surface area contributed by atoms with Gasteiger partial charge in [0, 0.05) is 17.5 Å². The number of hydrogen-bond acceptors (Lipinski definition) is 3. The van der Waals surface area contributed by atoms with E-state index < -0.39 is 0 Å². The highest BCUT2D eigenvalue weighted by molar-refractivity contribution is 7.10. The van der Waals surface area contributed by atoms with Gasteiger partial charge in [-0.2, -0.15) is 0 Å². The number of thiophene rings is 1. The number of nitrogens with zero attached hydrogens (tertiary/aromatic N) is 1. The molecule has 1 aliphatic heterocycles. The van der Waals surface area contributed by atoms with Crippen molar-refractivity contribution in [3.05, 3.63) is 21.9 Å². The van der Waals surface area contributed by atoms with E-state index in [1.54, 1.807) is 0 Å². The molecule has 0 aliphatic carbocycles. The van der Waals surface area contributed by atoms with Crippen molar-refractivity contribution in [2.75, 3.05) is 19.6 Å². The average Bonchev–Trinajstić information content (AvgIpc) is 2.84. The molecule has 0 radical (unpaired) electrons. The molecule has 3 heteroatoms. The Morgan fingerprint density at radius 2 is 2.12 bits per heavy atom. The first-order valence-electron chi connectivity index (χ1n) is 6.84. The third kappa shape index (κ3) is 3.54. The number of nitrogens with one attached hydrogen (secondary N) is 1. The Morgan fingerprint density at radius 3 is 2.76 bits per heavy atom. The first kappa shape index (κ1) is 13.1. The zero-order chi connectivity index (χ0) is 12.1. The molecule has 2 rings (SSSR count). The topological polar surface area (TPSA) is 15.3 Å². The standard InChI is InChI=1S/C14H24N2S/c1-3-12-7-10-17-14(12)11-15-13-5-8-16(4-2)9-6-13/h7,10,13,15H,3-6,8-9,11H2,1-2H3. The molecule has 17 heavy (non-hydrogen) atoms. The quantitative estimate of drug-likeness (QED) is 0.867. The van der Waals surface area contributed by atoms with Crippen LogP contribution in [0.4, 0.5) is 0 Å². The van der Waals surface area contributed by atoms with Crippen LogP contribution < -0.4 is 5.32 Å². The largest absolute Gasteiger partial charge is 0.309 e. The second-order valence-corrected chi connectivity index (χ2v) is 5.81. The minimum absolute atomic E-state index is 0.726. The first-order valence-corrected chi connectivity index (χ1v) is 7.72. The van der Waals surface area contributed by atoms with Gasteiger partial charge in [0.05, 0.1) is 0 Å². The lowest BCUT2D eigenvalue weighted by molar-refractivity contribution is 0.206. The summed E-state index contributed by atoms with van der Waals surface area (Å²) >= 11 is 1.89. The summed E-state index contributed by atoms with van der Waals surface area (Å²) in [6.07, 6.45) is 3.77. The van der Waals surface area contributed by atoms with Crippen molar-refractivity contribution in [1.29, 1.82) is 0 Å². The molecule has 2 heterocycles. The Hall–Kier alpha value is -0.380. The summed E-state index contributed by atoms with van der Waals surface area (Å²) < 4.78 is 0. The van der Waals surface area contributed by atoms with E-state index in [0.717, 1.165) is 19.0 Å². The number of likely N-dealkylation sites (tertiary alicyclic amines) is 1. The maximum atomic E-state index is 3.73. The van der Waals surface area contributed by atoms with Crippen LogP contribution in [0.15, 0.2) is 11.4 Å². The summed E-state index contributed by atoms with van der Waals surface area (Å²) in [4.78, 5) is 4.08. The van der Waals surface area contributed by atoms with Crippen LogP contribution in [0.1, 0.15) is 37.1 Å². The predicted molar refractivity (Wildman–Crippen MR) is 75.7 cm³/mol. The zero-order valence-corrected chi connectivity index (χ0v) is 11.9. The Bertz CT molecular complexity index is 327. The molecule has 1 aliphatic rings. The van der Waals surface area contributed by atoms with Gasteiger partial charge in [-0.15, -0.1) is 11.3 Å². The zero-order valence-electron chi connectivity index (χ0n) is 11.0. The molecule has 0 saturated carbocycles. The Labute approximate surface area is 109 Å². The van der Waals surface area contributed by atoms with E-state index in [0.29, 0.717) is 0 Å². The van der Waals surface area contributed by atoms with Crippen LogP contribution in [-0.4, -0.2) is 30.6 Å². The van der Waals surface area contributed by atoms with Crippen LogP contribution in [0.5, 0.6) is 0 Å². The normalized spacial score (nSPS) is 18.7. The van der Waals surface area contributed by atoms with Gasteiger partial charge in [0.15, 0.2) is 0 Å². The van der Waals surface area contributed by atoms with E-state index in [1.165, 1.54) is 42.9 Å². The van der Waals surface area contributed by atoms with E-state index in [-0.39, 0.29) is 0 Å². The number of aryl methyl sites for hydroxylation is 1. The summed E-state index contributed by atoms with van der Waals surface area (Å²) in [5, 5.41) is 5.94. The molecule has 1 saturated heterocycles. The van der Waals surface area contributed by atoms with E-state index in [4.69, 9.17) is 0 Å². The molecule has 0 aromatic carbocycles. The van der Waals surface area contributed by atoms with Crippen LogP contribution in [0.3, 0.4) is 0 Å². The third-order valence-corrected chi connectivity index (χ3v) is 4.77. The van der Waals surface area contributed by atoms with Crippen molar-refractivity contribution in [3.63, 3.8) is 0 Å². The van der Waals surface area contributed by atoms with Crippen molar-refractivity contribution in [1.82, 2.24) is 10.2 Å². The molecule has 0 amide bonds. The van der Waals surface area contributed by atoms with E-state index in [1.807, 2.05) is 11.3 Å². The van der Waals surface area contributed by atoms with Crippen molar-refractivity contribution in [2.45, 2.75) is 45.7 Å². The highest BCUT2D eigenvalue weighted by atomic mass is 32.1. The number of rotatable bonds is 5. The SMILES string of the molecule is CCc1ccsc1CNC1CCN(CC)CC1. The Balaban J connectivity index is 1.76. The molecule has 1 aromatic rings. The summed E-state index contributed by atoms with van der Waals surface area (Å²) in [5.41, 5.74) is 1.52. The molecule has 0 unspecified atom stereocenters. The van der Waals surface area contributed by atoms with E-state index >= 15 is 0 Å². The van der Waals surface area contributed by atoms with Gasteiger partial charge in [-0.25, -0.2) is 0 Å². The van der Waals surface area contributed by atoms with Crippen LogP contribution in [0.2, 0.25) is 0 Å².